The second kappa shape index (κ2) is 6.86. The lowest BCUT2D eigenvalue weighted by Crippen LogP contribution is -2.44. The summed E-state index contributed by atoms with van der Waals surface area (Å²) in [4.78, 5) is 21.8. The Balaban J connectivity index is 2.90. The number of benzene rings is 1. The maximum atomic E-state index is 12.9. The molecule has 0 bridgehead atoms. The molecule has 1 aromatic carbocycles. The van der Waals surface area contributed by atoms with Crippen LogP contribution in [0.5, 0.6) is 0 Å². The fourth-order valence-corrected chi connectivity index (χ4v) is 3.50. The number of sulfone groups is 1. The van der Waals surface area contributed by atoms with E-state index in [0.717, 1.165) is 19.1 Å². The molecule has 0 aliphatic heterocycles. The maximum Gasteiger partial charge on any atom is 0.327 e. The number of hydrogen-bond acceptors (Lipinski definition) is 4. The van der Waals surface area contributed by atoms with Crippen LogP contribution in [-0.2, 0) is 25.2 Å². The number of hydrogen-bond donors (Lipinski definition) is 2. The van der Waals surface area contributed by atoms with E-state index in [1.54, 1.807) is 0 Å². The van der Waals surface area contributed by atoms with Gasteiger partial charge in [-0.2, -0.15) is 0 Å². The number of carboxylic acids is 1. The van der Waals surface area contributed by atoms with Gasteiger partial charge in [-0.3, -0.25) is 4.79 Å². The molecule has 0 saturated heterocycles. The first kappa shape index (κ1) is 17.4. The Hall–Kier alpha value is -1.67. The first-order chi connectivity index (χ1) is 9.60. The quantitative estimate of drug-likeness (QED) is 0.806. The minimum atomic E-state index is -3.86. The number of rotatable bonds is 6. The third-order valence-electron chi connectivity index (χ3n) is 2.49. The number of carboxylic acid groups (broad SMARTS) is 1. The molecule has 1 aromatic rings. The van der Waals surface area contributed by atoms with Crippen molar-refractivity contribution in [2.24, 2.45) is 0 Å². The third kappa shape index (κ3) is 5.68. The SMILES string of the molecule is CC(=O)N[C@@H](CS(=O)(=O)Cc1ccc(F)cc1Cl)C(=O)O. The molecule has 0 fully saturated rings. The van der Waals surface area contributed by atoms with E-state index in [0.29, 0.717) is 0 Å². The van der Waals surface area contributed by atoms with Crippen LogP contribution in [0, 0.1) is 5.82 Å². The molecule has 1 atom stereocenters. The van der Waals surface area contributed by atoms with Gasteiger partial charge in [0.15, 0.2) is 9.84 Å². The van der Waals surface area contributed by atoms with Gasteiger partial charge in [-0.1, -0.05) is 17.7 Å². The molecule has 1 rings (SSSR count). The maximum absolute atomic E-state index is 12.9. The van der Waals surface area contributed by atoms with Gasteiger partial charge in [-0.25, -0.2) is 17.6 Å². The normalized spacial score (nSPS) is 12.7. The van der Waals surface area contributed by atoms with Crippen molar-refractivity contribution in [1.29, 1.82) is 0 Å². The molecule has 0 aliphatic rings. The third-order valence-corrected chi connectivity index (χ3v) is 4.43. The molecule has 9 heteroatoms. The van der Waals surface area contributed by atoms with E-state index < -0.39 is 45.1 Å². The summed E-state index contributed by atoms with van der Waals surface area (Å²) < 4.78 is 36.8. The Morgan fingerprint density at radius 1 is 1.43 bits per heavy atom. The molecule has 21 heavy (non-hydrogen) atoms. The van der Waals surface area contributed by atoms with Crippen LogP contribution in [0.25, 0.3) is 0 Å². The van der Waals surface area contributed by atoms with Gasteiger partial charge in [0.2, 0.25) is 5.91 Å². The Morgan fingerprint density at radius 3 is 2.52 bits per heavy atom. The van der Waals surface area contributed by atoms with Gasteiger partial charge in [0, 0.05) is 11.9 Å². The van der Waals surface area contributed by atoms with Crippen molar-refractivity contribution in [3.05, 3.63) is 34.6 Å². The summed E-state index contributed by atoms with van der Waals surface area (Å²) in [6.45, 7) is 1.08. The highest BCUT2D eigenvalue weighted by molar-refractivity contribution is 7.90. The van der Waals surface area contributed by atoms with Crippen molar-refractivity contribution in [3.63, 3.8) is 0 Å². The van der Waals surface area contributed by atoms with Crippen molar-refractivity contribution in [2.45, 2.75) is 18.7 Å². The predicted molar refractivity (Wildman–Crippen MR) is 74.1 cm³/mol. The zero-order valence-corrected chi connectivity index (χ0v) is 12.5. The smallest absolute Gasteiger partial charge is 0.327 e. The van der Waals surface area contributed by atoms with E-state index in [1.165, 1.54) is 6.07 Å². The van der Waals surface area contributed by atoms with Crippen molar-refractivity contribution in [3.8, 4) is 0 Å². The van der Waals surface area contributed by atoms with Crippen LogP contribution in [-0.4, -0.2) is 37.2 Å². The number of halogens is 2. The summed E-state index contributed by atoms with van der Waals surface area (Å²) in [6.07, 6.45) is 0. The molecule has 1 amide bonds. The zero-order chi connectivity index (χ0) is 16.2. The molecule has 116 valence electrons. The highest BCUT2D eigenvalue weighted by Crippen LogP contribution is 2.20. The first-order valence-electron chi connectivity index (χ1n) is 5.75. The number of aliphatic carboxylic acids is 1. The Kier molecular flexibility index (Phi) is 5.68. The summed E-state index contributed by atoms with van der Waals surface area (Å²) in [5.41, 5.74) is 0.157. The number of carbonyl (C=O) groups is 2. The number of carbonyl (C=O) groups excluding carboxylic acids is 1. The Morgan fingerprint density at radius 2 is 2.05 bits per heavy atom. The monoisotopic (exact) mass is 337 g/mol. The lowest BCUT2D eigenvalue weighted by molar-refractivity contribution is -0.140. The van der Waals surface area contributed by atoms with Gasteiger partial charge in [-0.15, -0.1) is 0 Å². The minimum Gasteiger partial charge on any atom is -0.480 e. The van der Waals surface area contributed by atoms with Gasteiger partial charge < -0.3 is 10.4 Å². The molecular weight excluding hydrogens is 325 g/mol. The van der Waals surface area contributed by atoms with Gasteiger partial charge in [-0.05, 0) is 17.7 Å². The second-order valence-corrected chi connectivity index (χ2v) is 6.90. The first-order valence-corrected chi connectivity index (χ1v) is 7.95. The van der Waals surface area contributed by atoms with Crippen LogP contribution in [0.1, 0.15) is 12.5 Å². The van der Waals surface area contributed by atoms with E-state index in [4.69, 9.17) is 16.7 Å². The van der Waals surface area contributed by atoms with Crippen molar-refractivity contribution in [1.82, 2.24) is 5.32 Å². The summed E-state index contributed by atoms with van der Waals surface area (Å²) in [5.74, 6) is -4.05. The number of nitrogens with one attached hydrogen (secondary N) is 1. The lowest BCUT2D eigenvalue weighted by atomic mass is 10.2. The average molecular weight is 338 g/mol. The Labute approximate surface area is 125 Å². The molecular formula is C12H13ClFNO5S. The summed E-state index contributed by atoms with van der Waals surface area (Å²) in [6, 6.07) is 1.68. The molecule has 2 N–H and O–H groups in total. The molecule has 0 unspecified atom stereocenters. The summed E-state index contributed by atoms with van der Waals surface area (Å²) in [5, 5.41) is 10.9. The van der Waals surface area contributed by atoms with E-state index >= 15 is 0 Å². The van der Waals surface area contributed by atoms with Crippen LogP contribution in [0.2, 0.25) is 5.02 Å². The standard InChI is InChI=1S/C12H13ClFNO5S/c1-7(16)15-11(12(17)18)6-21(19,20)5-8-2-3-9(14)4-10(8)13/h2-4,11H,5-6H2,1H3,(H,15,16)(H,17,18)/t11-/m0/s1. The molecule has 0 aromatic heterocycles. The van der Waals surface area contributed by atoms with E-state index in [9.17, 15) is 22.4 Å². The van der Waals surface area contributed by atoms with Crippen LogP contribution in [0.4, 0.5) is 4.39 Å². The topological polar surface area (TPSA) is 101 Å². The summed E-state index contributed by atoms with van der Waals surface area (Å²) >= 11 is 5.73. The molecule has 0 radical (unpaired) electrons. The summed E-state index contributed by atoms with van der Waals surface area (Å²) in [7, 11) is -3.86. The predicted octanol–water partition coefficient (Wildman–Crippen LogP) is 0.983. The van der Waals surface area contributed by atoms with Gasteiger partial charge in [0.25, 0.3) is 0 Å². The van der Waals surface area contributed by atoms with Gasteiger partial charge >= 0.3 is 5.97 Å². The Bertz CT molecular complexity index is 662. The molecule has 0 aliphatic carbocycles. The number of amides is 1. The van der Waals surface area contributed by atoms with E-state index in [1.807, 2.05) is 5.32 Å². The van der Waals surface area contributed by atoms with Crippen molar-refractivity contribution in [2.75, 3.05) is 5.75 Å². The molecule has 6 nitrogen and oxygen atoms in total. The van der Waals surface area contributed by atoms with Crippen LogP contribution in [0.3, 0.4) is 0 Å². The highest BCUT2D eigenvalue weighted by atomic mass is 35.5. The largest absolute Gasteiger partial charge is 0.480 e. The lowest BCUT2D eigenvalue weighted by Gasteiger charge is -2.14. The van der Waals surface area contributed by atoms with Gasteiger partial charge in [0.1, 0.15) is 11.9 Å². The fraction of sp³-hybridized carbons (Fsp3) is 0.333. The second-order valence-electron chi connectivity index (χ2n) is 4.38. The van der Waals surface area contributed by atoms with E-state index in [-0.39, 0.29) is 10.6 Å². The molecule has 0 heterocycles. The average Bonchev–Trinajstić information content (AvgIpc) is 2.31. The van der Waals surface area contributed by atoms with Crippen LogP contribution >= 0.6 is 11.6 Å². The fourth-order valence-electron chi connectivity index (χ4n) is 1.61. The minimum absolute atomic E-state index is 0.0648. The van der Waals surface area contributed by atoms with Crippen molar-refractivity contribution < 1.29 is 27.5 Å². The molecule has 0 spiro atoms. The van der Waals surface area contributed by atoms with Gasteiger partial charge in [0.05, 0.1) is 11.5 Å². The molecule has 0 saturated carbocycles. The zero-order valence-electron chi connectivity index (χ0n) is 11.0. The van der Waals surface area contributed by atoms with E-state index in [2.05, 4.69) is 0 Å². The van der Waals surface area contributed by atoms with Crippen molar-refractivity contribution >= 4 is 33.3 Å². The highest BCUT2D eigenvalue weighted by Gasteiger charge is 2.26. The van der Waals surface area contributed by atoms with Crippen LogP contribution < -0.4 is 5.32 Å². The van der Waals surface area contributed by atoms with Crippen LogP contribution in [0.15, 0.2) is 18.2 Å².